The molecule has 6 heteroatoms. The van der Waals surface area contributed by atoms with E-state index in [0.717, 1.165) is 32.3 Å². The minimum absolute atomic E-state index is 0.00669. The zero-order chi connectivity index (χ0) is 19.3. The maximum atomic E-state index is 14.5. The highest BCUT2D eigenvalue weighted by molar-refractivity contribution is 5.20. The van der Waals surface area contributed by atoms with Gasteiger partial charge in [0.25, 0.3) is 0 Å². The number of hydrogen-bond donors (Lipinski definition) is 1. The van der Waals surface area contributed by atoms with Gasteiger partial charge in [-0.2, -0.15) is 0 Å². The van der Waals surface area contributed by atoms with E-state index in [2.05, 4.69) is 0 Å². The lowest BCUT2D eigenvalue weighted by Crippen LogP contribution is -2.32. The van der Waals surface area contributed by atoms with Gasteiger partial charge in [-0.1, -0.05) is 18.2 Å². The van der Waals surface area contributed by atoms with Crippen LogP contribution >= 0.6 is 0 Å². The molecule has 2 saturated heterocycles. The van der Waals surface area contributed by atoms with Crippen molar-refractivity contribution in [2.75, 3.05) is 13.2 Å². The molecule has 28 heavy (non-hydrogen) atoms. The fourth-order valence-corrected chi connectivity index (χ4v) is 4.83. The summed E-state index contributed by atoms with van der Waals surface area (Å²) in [6, 6.07) is 9.33. The predicted molar refractivity (Wildman–Crippen MR) is 102 cm³/mol. The molecular formula is C22H31FO5. The van der Waals surface area contributed by atoms with Crippen LogP contribution in [0, 0.1) is 11.8 Å². The van der Waals surface area contributed by atoms with Crippen molar-refractivity contribution < 1.29 is 28.4 Å². The summed E-state index contributed by atoms with van der Waals surface area (Å²) in [6.45, 7) is 0.800. The quantitative estimate of drug-likeness (QED) is 0.726. The minimum Gasteiger partial charge on any atom is -0.491 e. The Labute approximate surface area is 166 Å². The van der Waals surface area contributed by atoms with E-state index in [1.54, 1.807) is 0 Å². The number of hydrogen-bond acceptors (Lipinski definition) is 5. The van der Waals surface area contributed by atoms with E-state index >= 15 is 0 Å². The molecule has 5 nitrogen and oxygen atoms in total. The summed E-state index contributed by atoms with van der Waals surface area (Å²) in [6.07, 6.45) is 3.72. The molecule has 0 radical (unpaired) electrons. The first-order chi connectivity index (χ1) is 13.7. The fraction of sp³-hybridized carbons (Fsp3) is 0.727. The van der Waals surface area contributed by atoms with Crippen molar-refractivity contribution in [3.8, 4) is 5.75 Å². The van der Waals surface area contributed by atoms with Gasteiger partial charge in [-0.25, -0.2) is 4.39 Å². The third-order valence-electron chi connectivity index (χ3n) is 6.23. The van der Waals surface area contributed by atoms with E-state index in [1.165, 1.54) is 0 Å². The maximum absolute atomic E-state index is 14.5. The Morgan fingerprint density at radius 3 is 2.82 bits per heavy atom. The van der Waals surface area contributed by atoms with Crippen LogP contribution in [0.15, 0.2) is 30.3 Å². The van der Waals surface area contributed by atoms with Crippen molar-refractivity contribution in [3.05, 3.63) is 30.3 Å². The van der Waals surface area contributed by atoms with Gasteiger partial charge >= 0.3 is 0 Å². The summed E-state index contributed by atoms with van der Waals surface area (Å²) in [5.74, 6) is 1.10. The number of aliphatic hydroxyl groups excluding tert-OH is 1. The smallest absolute Gasteiger partial charge is 0.157 e. The Bertz CT molecular complexity index is 594. The average molecular weight is 394 g/mol. The number of rotatable bonds is 8. The molecule has 3 aliphatic rings. The largest absolute Gasteiger partial charge is 0.491 e. The lowest BCUT2D eigenvalue weighted by molar-refractivity contribution is -0.200. The highest BCUT2D eigenvalue weighted by Crippen LogP contribution is 2.46. The molecule has 2 unspecified atom stereocenters. The van der Waals surface area contributed by atoms with Crippen LogP contribution in [0.2, 0.25) is 0 Å². The second-order valence-corrected chi connectivity index (χ2v) is 8.20. The molecular weight excluding hydrogens is 363 g/mol. The molecule has 0 spiro atoms. The van der Waals surface area contributed by atoms with Crippen LogP contribution in [0.5, 0.6) is 5.75 Å². The third kappa shape index (κ3) is 5.03. The first-order valence-electron chi connectivity index (χ1n) is 10.6. The number of alkyl halides is 1. The Morgan fingerprint density at radius 2 is 2.04 bits per heavy atom. The van der Waals surface area contributed by atoms with Gasteiger partial charge < -0.3 is 24.1 Å². The summed E-state index contributed by atoms with van der Waals surface area (Å²) >= 11 is 0. The molecule has 1 aliphatic carbocycles. The van der Waals surface area contributed by atoms with Crippen LogP contribution in [-0.2, 0) is 14.2 Å². The average Bonchev–Trinajstić information content (AvgIpc) is 3.22. The summed E-state index contributed by atoms with van der Waals surface area (Å²) < 4.78 is 37.7. The van der Waals surface area contributed by atoms with Crippen LogP contribution in [-0.4, -0.2) is 49.3 Å². The lowest BCUT2D eigenvalue weighted by atomic mass is 9.87. The number of aliphatic hydroxyl groups is 1. The first-order valence-corrected chi connectivity index (χ1v) is 10.6. The van der Waals surface area contributed by atoms with E-state index in [1.807, 2.05) is 30.3 Å². The molecule has 0 aromatic heterocycles. The molecule has 3 fully saturated rings. The molecule has 1 aromatic rings. The van der Waals surface area contributed by atoms with E-state index in [9.17, 15) is 9.50 Å². The van der Waals surface area contributed by atoms with E-state index in [-0.39, 0.29) is 36.9 Å². The van der Waals surface area contributed by atoms with Gasteiger partial charge in [-0.3, -0.25) is 0 Å². The highest BCUT2D eigenvalue weighted by atomic mass is 19.1. The molecule has 1 N–H and O–H groups in total. The molecule has 4 rings (SSSR count). The SMILES string of the molecule is OC1C[C@@H]2[C@@H](CC[C@@H](F)COc3ccccc3)[C@H](OC3CCCCO3)C[C@@H]2O1. The second-order valence-electron chi connectivity index (χ2n) is 8.20. The number of ether oxygens (including phenoxy) is 4. The second kappa shape index (κ2) is 9.53. The van der Waals surface area contributed by atoms with Crippen molar-refractivity contribution in [2.24, 2.45) is 11.8 Å². The molecule has 1 aromatic carbocycles. The maximum Gasteiger partial charge on any atom is 0.157 e. The van der Waals surface area contributed by atoms with E-state index in [0.29, 0.717) is 25.0 Å². The molecule has 2 aliphatic heterocycles. The molecule has 156 valence electrons. The van der Waals surface area contributed by atoms with Gasteiger partial charge in [0.2, 0.25) is 0 Å². The minimum atomic E-state index is -1.03. The van der Waals surface area contributed by atoms with Gasteiger partial charge in [-0.15, -0.1) is 0 Å². The monoisotopic (exact) mass is 394 g/mol. The van der Waals surface area contributed by atoms with Crippen molar-refractivity contribution in [3.63, 3.8) is 0 Å². The molecule has 0 amide bonds. The van der Waals surface area contributed by atoms with Gasteiger partial charge in [0.1, 0.15) is 18.5 Å². The standard InChI is InChI=1S/C22H31FO5/c23-15(14-26-16-6-2-1-3-7-16)9-10-17-18-12-21(24)27-20(18)13-19(17)28-22-8-4-5-11-25-22/h1-3,6-7,15,17-22,24H,4-5,8-14H2/t15-,17-,18-,19-,20+,21?,22?/m1/s1. The van der Waals surface area contributed by atoms with Gasteiger partial charge in [-0.05, 0) is 56.1 Å². The Balaban J connectivity index is 1.29. The van der Waals surface area contributed by atoms with Crippen molar-refractivity contribution >= 4 is 0 Å². The Kier molecular flexibility index (Phi) is 6.83. The normalized spacial score (nSPS) is 36.2. The third-order valence-corrected chi connectivity index (χ3v) is 6.23. The van der Waals surface area contributed by atoms with Gasteiger partial charge in [0.15, 0.2) is 12.6 Å². The molecule has 2 heterocycles. The zero-order valence-corrected chi connectivity index (χ0v) is 16.3. The highest BCUT2D eigenvalue weighted by Gasteiger charge is 2.50. The van der Waals surface area contributed by atoms with E-state index in [4.69, 9.17) is 18.9 Å². The van der Waals surface area contributed by atoms with E-state index < -0.39 is 12.5 Å². The van der Waals surface area contributed by atoms with Gasteiger partial charge in [0.05, 0.1) is 12.2 Å². The topological polar surface area (TPSA) is 57.2 Å². The Morgan fingerprint density at radius 1 is 1.18 bits per heavy atom. The molecule has 7 atom stereocenters. The van der Waals surface area contributed by atoms with Crippen LogP contribution in [0.25, 0.3) is 0 Å². The van der Waals surface area contributed by atoms with Crippen LogP contribution < -0.4 is 4.74 Å². The summed E-state index contributed by atoms with van der Waals surface area (Å²) in [4.78, 5) is 0. The fourth-order valence-electron chi connectivity index (χ4n) is 4.83. The number of benzene rings is 1. The number of para-hydroxylation sites is 1. The van der Waals surface area contributed by atoms with Gasteiger partial charge in [0, 0.05) is 19.4 Å². The summed E-state index contributed by atoms with van der Waals surface area (Å²) in [7, 11) is 0. The van der Waals surface area contributed by atoms with Crippen molar-refractivity contribution in [1.82, 2.24) is 0 Å². The van der Waals surface area contributed by atoms with Crippen LogP contribution in [0.4, 0.5) is 4.39 Å². The molecule has 0 bridgehead atoms. The molecule has 1 saturated carbocycles. The lowest BCUT2D eigenvalue weighted by Gasteiger charge is -2.30. The first kappa shape index (κ1) is 20.1. The van der Waals surface area contributed by atoms with Crippen LogP contribution in [0.1, 0.15) is 44.9 Å². The zero-order valence-electron chi connectivity index (χ0n) is 16.3. The number of fused-ring (bicyclic) bond motifs is 1. The Hall–Kier alpha value is -1.21. The summed E-state index contributed by atoms with van der Waals surface area (Å²) in [5, 5.41) is 9.87. The number of halogens is 1. The van der Waals surface area contributed by atoms with Crippen LogP contribution in [0.3, 0.4) is 0 Å². The predicted octanol–water partition coefficient (Wildman–Crippen LogP) is 3.84. The van der Waals surface area contributed by atoms with Crippen molar-refractivity contribution in [1.29, 1.82) is 0 Å². The summed E-state index contributed by atoms with van der Waals surface area (Å²) in [5.41, 5.74) is 0. The van der Waals surface area contributed by atoms with Crippen molar-refractivity contribution in [2.45, 2.75) is 75.9 Å².